The molecule has 1 aromatic carbocycles. The first-order valence-corrected chi connectivity index (χ1v) is 7.53. The van der Waals surface area contributed by atoms with Crippen molar-refractivity contribution < 1.29 is 34.6 Å². The predicted molar refractivity (Wildman–Crippen MR) is 86.7 cm³/mol. The first kappa shape index (κ1) is 21.0. The monoisotopic (exact) mass is 370 g/mol. The van der Waals surface area contributed by atoms with Gasteiger partial charge in [0.25, 0.3) is 11.4 Å². The summed E-state index contributed by atoms with van der Waals surface area (Å²) in [5.74, 6) is -1.45. The zero-order valence-corrected chi connectivity index (χ0v) is 14.6. The number of benzene rings is 1. The minimum Gasteiger partial charge on any atom is -0.460 e. The van der Waals surface area contributed by atoms with Crippen LogP contribution in [0.1, 0.15) is 32.8 Å². The van der Waals surface area contributed by atoms with Gasteiger partial charge in [0, 0.05) is 17.7 Å². The molecular weight excluding hydrogens is 350 g/mol. The summed E-state index contributed by atoms with van der Waals surface area (Å²) in [6.07, 6.45) is -0.300. The average Bonchev–Trinajstić information content (AvgIpc) is 2.50. The number of hydrogen-bond acceptors (Lipinski definition) is 8. The number of nitro groups is 2. The van der Waals surface area contributed by atoms with Gasteiger partial charge in [0.2, 0.25) is 0 Å². The second-order valence-electron chi connectivity index (χ2n) is 6.47. The van der Waals surface area contributed by atoms with Crippen molar-refractivity contribution in [2.75, 3.05) is 0 Å². The number of ether oxygens (including phenoxy) is 2. The van der Waals surface area contributed by atoms with Crippen molar-refractivity contribution in [1.29, 1.82) is 0 Å². The summed E-state index contributed by atoms with van der Waals surface area (Å²) >= 11 is 0. The largest absolute Gasteiger partial charge is 0.460 e. The third kappa shape index (κ3) is 6.81. The smallest absolute Gasteiger partial charge is 0.365 e. The van der Waals surface area contributed by atoms with Gasteiger partial charge in [-0.15, -0.1) is 0 Å². The Bertz CT molecular complexity index is 694. The summed E-state index contributed by atoms with van der Waals surface area (Å²) in [6, 6.07) is 1.88. The van der Waals surface area contributed by atoms with Gasteiger partial charge in [-0.2, -0.15) is 0 Å². The van der Waals surface area contributed by atoms with E-state index in [0.717, 1.165) is 18.2 Å². The van der Waals surface area contributed by atoms with Crippen molar-refractivity contribution >= 4 is 23.3 Å². The highest BCUT2D eigenvalue weighted by atomic mass is 16.6. The normalized spacial score (nSPS) is 12.2. The van der Waals surface area contributed by atoms with E-state index in [2.05, 4.69) is 5.73 Å². The van der Waals surface area contributed by atoms with Crippen molar-refractivity contribution in [1.82, 2.24) is 0 Å². The van der Waals surface area contributed by atoms with Crippen molar-refractivity contribution in [3.05, 3.63) is 44.0 Å². The number of carbonyl (C=O) groups excluding carboxylic acids is 2. The zero-order valence-electron chi connectivity index (χ0n) is 14.6. The Hall–Kier alpha value is -3.08. The Morgan fingerprint density at radius 2 is 1.62 bits per heavy atom. The molecule has 1 atom stereocenters. The quantitative estimate of drug-likeness (QED) is 0.419. The van der Waals surface area contributed by atoms with Crippen LogP contribution < -0.4 is 5.73 Å². The molecule has 11 heteroatoms. The molecule has 0 saturated carbocycles. The molecule has 0 heterocycles. The summed E-state index contributed by atoms with van der Waals surface area (Å²) in [4.78, 5) is 43.6. The summed E-state index contributed by atoms with van der Waals surface area (Å²) < 4.78 is 10.0. The maximum absolute atomic E-state index is 11.9. The minimum atomic E-state index is -1.04. The van der Waals surface area contributed by atoms with E-state index in [-0.39, 0.29) is 12.0 Å². The first-order valence-electron chi connectivity index (χ1n) is 7.53. The second kappa shape index (κ2) is 8.34. The number of nitrogens with zero attached hydrogens (tertiary/aromatic N) is 2. The number of rotatable bonds is 7. The summed E-state index contributed by atoms with van der Waals surface area (Å²) in [6.45, 7) is 4.60. The first-order chi connectivity index (χ1) is 11.9. The predicted octanol–water partition coefficient (Wildman–Crippen LogP) is 0.889. The van der Waals surface area contributed by atoms with E-state index in [1.54, 1.807) is 20.8 Å². The molecule has 142 valence electrons. The van der Waals surface area contributed by atoms with Gasteiger partial charge >= 0.3 is 11.9 Å². The summed E-state index contributed by atoms with van der Waals surface area (Å²) in [5.41, 5.74) is 1.90. The van der Waals surface area contributed by atoms with Crippen LogP contribution in [0.25, 0.3) is 0 Å². The molecule has 3 N–H and O–H groups in total. The van der Waals surface area contributed by atoms with Gasteiger partial charge in [0.1, 0.15) is 18.6 Å². The van der Waals surface area contributed by atoms with Crippen LogP contribution in [0.3, 0.4) is 0 Å². The van der Waals surface area contributed by atoms with Crippen LogP contribution in [0, 0.1) is 20.2 Å². The van der Waals surface area contributed by atoms with E-state index < -0.39 is 51.4 Å². The lowest BCUT2D eigenvalue weighted by atomic mass is 10.1. The molecule has 11 nitrogen and oxygen atoms in total. The number of hydrogen-bond donors (Lipinski definition) is 1. The molecule has 0 saturated heterocycles. The zero-order chi connectivity index (χ0) is 20.1. The standard InChI is InChI=1S/C15H19N3O8/c1-15(2,3)26-13(19)7-12(16)14(20)25-8-9-4-10(17(21)22)6-11(5-9)18(23)24/h4-6,12H,7-8,16H2,1-3H3/p+1/t12-/m0/s1. The van der Waals surface area contributed by atoms with E-state index in [4.69, 9.17) is 9.47 Å². The number of nitro benzene ring substituents is 2. The number of quaternary nitrogens is 1. The van der Waals surface area contributed by atoms with Crippen molar-refractivity contribution in [3.63, 3.8) is 0 Å². The highest BCUT2D eigenvalue weighted by Gasteiger charge is 2.27. The fourth-order valence-electron chi connectivity index (χ4n) is 1.89. The Kier molecular flexibility index (Phi) is 6.72. The fraction of sp³-hybridized carbons (Fsp3) is 0.467. The second-order valence-corrected chi connectivity index (χ2v) is 6.47. The fourth-order valence-corrected chi connectivity index (χ4v) is 1.89. The van der Waals surface area contributed by atoms with Crippen molar-refractivity contribution in [2.45, 2.75) is 45.4 Å². The molecule has 0 aliphatic carbocycles. The van der Waals surface area contributed by atoms with Gasteiger partial charge in [0.05, 0.1) is 15.9 Å². The summed E-state index contributed by atoms with van der Waals surface area (Å²) in [5, 5.41) is 21.6. The van der Waals surface area contributed by atoms with Crippen molar-refractivity contribution in [3.8, 4) is 0 Å². The molecule has 0 radical (unpaired) electrons. The van der Waals surface area contributed by atoms with E-state index in [9.17, 15) is 29.8 Å². The van der Waals surface area contributed by atoms with Crippen LogP contribution in [0.5, 0.6) is 0 Å². The Labute approximate surface area is 148 Å². The van der Waals surface area contributed by atoms with Crippen LogP contribution in [-0.4, -0.2) is 33.4 Å². The molecule has 0 spiro atoms. The van der Waals surface area contributed by atoms with Crippen LogP contribution in [0.4, 0.5) is 11.4 Å². The third-order valence-electron chi connectivity index (χ3n) is 2.93. The van der Waals surface area contributed by atoms with Crippen LogP contribution in [-0.2, 0) is 25.7 Å². The topological polar surface area (TPSA) is 167 Å². The van der Waals surface area contributed by atoms with E-state index >= 15 is 0 Å². The number of carbonyl (C=O) groups is 2. The third-order valence-corrected chi connectivity index (χ3v) is 2.93. The van der Waals surface area contributed by atoms with Gasteiger partial charge < -0.3 is 15.2 Å². The molecule has 0 aliphatic rings. The van der Waals surface area contributed by atoms with E-state index in [1.807, 2.05) is 0 Å². The van der Waals surface area contributed by atoms with Gasteiger partial charge in [-0.3, -0.25) is 25.0 Å². The molecular formula is C15H20N3O8+. The van der Waals surface area contributed by atoms with Crippen LogP contribution in [0.15, 0.2) is 18.2 Å². The highest BCUT2D eigenvalue weighted by Crippen LogP contribution is 2.23. The molecule has 0 amide bonds. The SMILES string of the molecule is CC(C)(C)OC(=O)C[C@H]([NH3+])C(=O)OCc1cc([N+](=O)[O-])cc([N+](=O)[O-])c1. The van der Waals surface area contributed by atoms with Crippen molar-refractivity contribution in [2.24, 2.45) is 0 Å². The number of esters is 2. The molecule has 0 unspecified atom stereocenters. The van der Waals surface area contributed by atoms with Gasteiger partial charge in [-0.25, -0.2) is 4.79 Å². The summed E-state index contributed by atoms with van der Waals surface area (Å²) in [7, 11) is 0. The molecule has 0 aromatic heterocycles. The van der Waals surface area contributed by atoms with Crippen LogP contribution >= 0.6 is 0 Å². The average molecular weight is 370 g/mol. The lowest BCUT2D eigenvalue weighted by molar-refractivity contribution is -0.408. The molecule has 1 aromatic rings. The molecule has 1 rings (SSSR count). The minimum absolute atomic E-state index is 0.0729. The highest BCUT2D eigenvalue weighted by molar-refractivity contribution is 5.81. The lowest BCUT2D eigenvalue weighted by Crippen LogP contribution is -2.66. The Morgan fingerprint density at radius 1 is 1.12 bits per heavy atom. The maximum Gasteiger partial charge on any atom is 0.365 e. The van der Waals surface area contributed by atoms with Gasteiger partial charge in [0.15, 0.2) is 6.04 Å². The van der Waals surface area contributed by atoms with Crippen LogP contribution in [0.2, 0.25) is 0 Å². The Morgan fingerprint density at radius 3 is 2.04 bits per heavy atom. The lowest BCUT2D eigenvalue weighted by Gasteiger charge is -2.19. The number of non-ortho nitro benzene ring substituents is 2. The molecule has 26 heavy (non-hydrogen) atoms. The maximum atomic E-state index is 11.9. The van der Waals surface area contributed by atoms with E-state index in [1.165, 1.54) is 0 Å². The molecule has 0 fully saturated rings. The van der Waals surface area contributed by atoms with Gasteiger partial charge in [-0.1, -0.05) is 0 Å². The Balaban J connectivity index is 2.73. The van der Waals surface area contributed by atoms with Gasteiger partial charge in [-0.05, 0) is 20.8 Å². The van der Waals surface area contributed by atoms with E-state index in [0.29, 0.717) is 0 Å². The molecule has 0 aliphatic heterocycles. The molecule has 0 bridgehead atoms.